The molecule has 0 amide bonds. The largest absolute Gasteiger partial charge is 0.374 e. The van der Waals surface area contributed by atoms with Gasteiger partial charge >= 0.3 is 0 Å². The first-order valence-corrected chi connectivity index (χ1v) is 7.97. The van der Waals surface area contributed by atoms with E-state index >= 15 is 0 Å². The minimum absolute atomic E-state index is 0.699. The number of likely N-dealkylation sites (tertiary alicyclic amines) is 1. The number of hydrogen-bond acceptors (Lipinski definition) is 3. The first-order chi connectivity index (χ1) is 9.72. The SMILES string of the molecule is CN1CCC(NCc2ccc3c(c2)CCCN3C)CC1. The fourth-order valence-corrected chi connectivity index (χ4v) is 3.42. The maximum absolute atomic E-state index is 3.74. The van der Waals surface area contributed by atoms with E-state index in [0.717, 1.165) is 6.54 Å². The molecule has 2 aliphatic rings. The Balaban J connectivity index is 1.58. The topological polar surface area (TPSA) is 18.5 Å². The van der Waals surface area contributed by atoms with E-state index in [-0.39, 0.29) is 0 Å². The smallest absolute Gasteiger partial charge is 0.0396 e. The normalized spacial score (nSPS) is 21.0. The average Bonchev–Trinajstić information content (AvgIpc) is 2.47. The van der Waals surface area contributed by atoms with Crippen LogP contribution in [0, 0.1) is 0 Å². The molecule has 3 nitrogen and oxygen atoms in total. The second-order valence-corrected chi connectivity index (χ2v) is 6.45. The molecule has 0 radical (unpaired) electrons. The van der Waals surface area contributed by atoms with Gasteiger partial charge in [0.05, 0.1) is 0 Å². The summed E-state index contributed by atoms with van der Waals surface area (Å²) < 4.78 is 0. The summed E-state index contributed by atoms with van der Waals surface area (Å²) in [6, 6.07) is 7.71. The van der Waals surface area contributed by atoms with E-state index in [9.17, 15) is 0 Å². The standard InChI is InChI=1S/C17H27N3/c1-19-10-7-16(8-11-19)18-13-14-5-6-17-15(12-14)4-3-9-20(17)2/h5-6,12,16,18H,3-4,7-11,13H2,1-2H3. The van der Waals surface area contributed by atoms with E-state index in [1.807, 2.05) is 0 Å². The molecule has 110 valence electrons. The molecule has 1 fully saturated rings. The highest BCUT2D eigenvalue weighted by molar-refractivity contribution is 5.56. The Morgan fingerprint density at radius 3 is 2.75 bits per heavy atom. The predicted octanol–water partition coefficient (Wildman–Crippen LogP) is 2.25. The lowest BCUT2D eigenvalue weighted by Crippen LogP contribution is -2.40. The number of rotatable bonds is 3. The number of anilines is 1. The van der Waals surface area contributed by atoms with Crippen molar-refractivity contribution in [1.29, 1.82) is 0 Å². The Kier molecular flexibility index (Phi) is 4.27. The van der Waals surface area contributed by atoms with Gasteiger partial charge in [-0.15, -0.1) is 0 Å². The van der Waals surface area contributed by atoms with Gasteiger partial charge in [0.2, 0.25) is 0 Å². The third kappa shape index (κ3) is 3.15. The number of piperidine rings is 1. The number of hydrogen-bond donors (Lipinski definition) is 1. The van der Waals surface area contributed by atoms with Crippen molar-refractivity contribution < 1.29 is 0 Å². The van der Waals surface area contributed by atoms with Gasteiger partial charge in [0, 0.05) is 31.9 Å². The molecule has 3 heteroatoms. The Morgan fingerprint density at radius 1 is 1.15 bits per heavy atom. The molecule has 0 aromatic heterocycles. The molecule has 20 heavy (non-hydrogen) atoms. The molecule has 2 aliphatic heterocycles. The van der Waals surface area contributed by atoms with Gasteiger partial charge in [0.25, 0.3) is 0 Å². The number of fused-ring (bicyclic) bond motifs is 1. The zero-order valence-electron chi connectivity index (χ0n) is 12.9. The van der Waals surface area contributed by atoms with Crippen molar-refractivity contribution in [3.05, 3.63) is 29.3 Å². The Labute approximate surface area is 123 Å². The summed E-state index contributed by atoms with van der Waals surface area (Å²) in [5, 5.41) is 3.74. The van der Waals surface area contributed by atoms with Crippen molar-refractivity contribution in [3.8, 4) is 0 Å². The van der Waals surface area contributed by atoms with Gasteiger partial charge in [0.15, 0.2) is 0 Å². The van der Waals surface area contributed by atoms with Crippen LogP contribution in [0.15, 0.2) is 18.2 Å². The average molecular weight is 273 g/mol. The first kappa shape index (κ1) is 13.9. The fraction of sp³-hybridized carbons (Fsp3) is 0.647. The molecule has 0 spiro atoms. The summed E-state index contributed by atoms with van der Waals surface area (Å²) in [5.41, 5.74) is 4.40. The highest BCUT2D eigenvalue weighted by atomic mass is 15.1. The van der Waals surface area contributed by atoms with E-state index < -0.39 is 0 Å². The number of aryl methyl sites for hydroxylation is 1. The molecule has 0 atom stereocenters. The lowest BCUT2D eigenvalue weighted by Gasteiger charge is -2.30. The minimum atomic E-state index is 0.699. The van der Waals surface area contributed by atoms with Crippen LogP contribution in [0.4, 0.5) is 5.69 Å². The van der Waals surface area contributed by atoms with Crippen LogP contribution < -0.4 is 10.2 Å². The van der Waals surface area contributed by atoms with Crippen LogP contribution in [0.3, 0.4) is 0 Å². The minimum Gasteiger partial charge on any atom is -0.374 e. The molecule has 0 bridgehead atoms. The van der Waals surface area contributed by atoms with Crippen LogP contribution in [0.1, 0.15) is 30.4 Å². The summed E-state index contributed by atoms with van der Waals surface area (Å²) in [6.07, 6.45) is 5.09. The lowest BCUT2D eigenvalue weighted by molar-refractivity contribution is 0.234. The highest BCUT2D eigenvalue weighted by Crippen LogP contribution is 2.26. The van der Waals surface area contributed by atoms with Crippen LogP contribution in [0.5, 0.6) is 0 Å². The Bertz CT molecular complexity index is 450. The molecule has 1 aromatic rings. The van der Waals surface area contributed by atoms with E-state index in [1.165, 1.54) is 62.1 Å². The fourth-order valence-electron chi connectivity index (χ4n) is 3.42. The van der Waals surface area contributed by atoms with Crippen molar-refractivity contribution in [3.63, 3.8) is 0 Å². The monoisotopic (exact) mass is 273 g/mol. The summed E-state index contributed by atoms with van der Waals surface area (Å²) in [6.45, 7) is 4.67. The van der Waals surface area contributed by atoms with Crippen LogP contribution in [-0.2, 0) is 13.0 Å². The highest BCUT2D eigenvalue weighted by Gasteiger charge is 2.17. The van der Waals surface area contributed by atoms with Gasteiger partial charge in [-0.1, -0.05) is 12.1 Å². The number of benzene rings is 1. The van der Waals surface area contributed by atoms with Crippen LogP contribution in [0.2, 0.25) is 0 Å². The van der Waals surface area contributed by atoms with Gasteiger partial charge in [-0.3, -0.25) is 0 Å². The second kappa shape index (κ2) is 6.15. The van der Waals surface area contributed by atoms with Gasteiger partial charge in [-0.25, -0.2) is 0 Å². The molecule has 2 heterocycles. The second-order valence-electron chi connectivity index (χ2n) is 6.45. The molecule has 1 N–H and O–H groups in total. The van der Waals surface area contributed by atoms with Crippen LogP contribution >= 0.6 is 0 Å². The summed E-state index contributed by atoms with van der Waals surface area (Å²) in [4.78, 5) is 4.81. The molecule has 0 aliphatic carbocycles. The van der Waals surface area contributed by atoms with Crippen molar-refractivity contribution in [2.45, 2.75) is 38.3 Å². The maximum Gasteiger partial charge on any atom is 0.0396 e. The van der Waals surface area contributed by atoms with E-state index in [2.05, 4.69) is 47.4 Å². The zero-order valence-corrected chi connectivity index (χ0v) is 12.9. The Hall–Kier alpha value is -1.06. The summed E-state index contributed by atoms with van der Waals surface area (Å²) >= 11 is 0. The van der Waals surface area contributed by atoms with Crippen LogP contribution in [-0.4, -0.2) is 44.7 Å². The van der Waals surface area contributed by atoms with Crippen molar-refractivity contribution in [1.82, 2.24) is 10.2 Å². The molecular weight excluding hydrogens is 246 g/mol. The summed E-state index contributed by atoms with van der Waals surface area (Å²) in [7, 11) is 4.42. The first-order valence-electron chi connectivity index (χ1n) is 7.97. The van der Waals surface area contributed by atoms with Crippen molar-refractivity contribution in [2.75, 3.05) is 38.6 Å². The third-order valence-corrected chi connectivity index (χ3v) is 4.81. The quantitative estimate of drug-likeness (QED) is 0.911. The molecular formula is C17H27N3. The third-order valence-electron chi connectivity index (χ3n) is 4.81. The Morgan fingerprint density at radius 2 is 1.95 bits per heavy atom. The number of nitrogens with zero attached hydrogens (tertiary/aromatic N) is 2. The molecule has 0 saturated carbocycles. The zero-order chi connectivity index (χ0) is 13.9. The van der Waals surface area contributed by atoms with Crippen molar-refractivity contribution >= 4 is 5.69 Å². The van der Waals surface area contributed by atoms with E-state index in [0.29, 0.717) is 6.04 Å². The van der Waals surface area contributed by atoms with E-state index in [4.69, 9.17) is 0 Å². The van der Waals surface area contributed by atoms with Crippen molar-refractivity contribution in [2.24, 2.45) is 0 Å². The summed E-state index contributed by atoms with van der Waals surface area (Å²) in [5.74, 6) is 0. The molecule has 1 aromatic carbocycles. The molecule has 0 unspecified atom stereocenters. The maximum atomic E-state index is 3.74. The predicted molar refractivity (Wildman–Crippen MR) is 85.4 cm³/mol. The van der Waals surface area contributed by atoms with E-state index in [1.54, 1.807) is 0 Å². The van der Waals surface area contributed by atoms with Gasteiger partial charge in [0.1, 0.15) is 0 Å². The molecule has 3 rings (SSSR count). The lowest BCUT2D eigenvalue weighted by atomic mass is 9.99. The van der Waals surface area contributed by atoms with Crippen LogP contribution in [0.25, 0.3) is 0 Å². The molecule has 1 saturated heterocycles. The number of nitrogens with one attached hydrogen (secondary N) is 1. The van der Waals surface area contributed by atoms with Gasteiger partial charge in [-0.2, -0.15) is 0 Å². The van der Waals surface area contributed by atoms with Gasteiger partial charge < -0.3 is 15.1 Å². The van der Waals surface area contributed by atoms with Gasteiger partial charge in [-0.05, 0) is 63.0 Å².